The van der Waals surface area contributed by atoms with Gasteiger partial charge in [-0.2, -0.15) is 0 Å². The molecule has 2 aromatic rings. The van der Waals surface area contributed by atoms with Gasteiger partial charge in [-0.3, -0.25) is 9.59 Å². The van der Waals surface area contributed by atoms with Gasteiger partial charge in [-0.15, -0.1) is 0 Å². The molecule has 1 aliphatic heterocycles. The largest absolute Gasteiger partial charge is 0.497 e. The van der Waals surface area contributed by atoms with Gasteiger partial charge >= 0.3 is 0 Å². The highest BCUT2D eigenvalue weighted by Gasteiger charge is 2.34. The number of ether oxygens (including phenoxy) is 1. The van der Waals surface area contributed by atoms with Gasteiger partial charge in [-0.05, 0) is 34.7 Å². The summed E-state index contributed by atoms with van der Waals surface area (Å²) in [6.07, 6.45) is 0.250. The monoisotopic (exact) mass is 380 g/mol. The lowest BCUT2D eigenvalue weighted by molar-refractivity contribution is -0.128. The van der Waals surface area contributed by atoms with E-state index in [4.69, 9.17) is 4.74 Å². The first-order chi connectivity index (χ1) is 13.3. The number of carbonyl (C=O) groups excluding carboxylic acids is 2. The minimum absolute atomic E-state index is 0.0140. The molecule has 0 radical (unpaired) electrons. The van der Waals surface area contributed by atoms with E-state index in [0.717, 1.165) is 22.6 Å². The Hall–Kier alpha value is -2.82. The van der Waals surface area contributed by atoms with Crippen LogP contribution >= 0.6 is 0 Å². The predicted octanol–water partition coefficient (Wildman–Crippen LogP) is 3.98. The van der Waals surface area contributed by atoms with Crippen molar-refractivity contribution in [1.82, 2.24) is 4.90 Å². The maximum absolute atomic E-state index is 12.8. The van der Waals surface area contributed by atoms with Crippen molar-refractivity contribution in [3.05, 3.63) is 59.7 Å². The molecule has 0 spiro atoms. The summed E-state index contributed by atoms with van der Waals surface area (Å²) in [5.74, 6) is 0.368. The molecule has 1 atom stereocenters. The number of carbonyl (C=O) groups is 2. The fraction of sp³-hybridized carbons (Fsp3) is 0.391. The molecule has 2 aromatic carbocycles. The van der Waals surface area contributed by atoms with Gasteiger partial charge in [0.15, 0.2) is 0 Å². The average Bonchev–Trinajstić information content (AvgIpc) is 3.02. The molecule has 148 valence electrons. The van der Waals surface area contributed by atoms with Crippen LogP contribution in [0.5, 0.6) is 5.75 Å². The zero-order valence-electron chi connectivity index (χ0n) is 17.0. The summed E-state index contributed by atoms with van der Waals surface area (Å²) in [7, 11) is 1.63. The van der Waals surface area contributed by atoms with Gasteiger partial charge in [0.25, 0.3) is 0 Å². The molecule has 0 aromatic heterocycles. The van der Waals surface area contributed by atoms with E-state index in [1.807, 2.05) is 48.5 Å². The van der Waals surface area contributed by atoms with Crippen LogP contribution in [0.3, 0.4) is 0 Å². The van der Waals surface area contributed by atoms with E-state index in [1.165, 1.54) is 0 Å². The molecule has 1 N–H and O–H groups in total. The molecule has 1 aliphatic rings. The van der Waals surface area contributed by atoms with Crippen LogP contribution in [0, 0.1) is 5.92 Å². The number of likely N-dealkylation sites (tertiary alicyclic amines) is 1. The van der Waals surface area contributed by atoms with Crippen molar-refractivity contribution in [3.63, 3.8) is 0 Å². The third-order valence-corrected chi connectivity index (χ3v) is 5.11. The topological polar surface area (TPSA) is 58.6 Å². The third kappa shape index (κ3) is 4.53. The fourth-order valence-corrected chi connectivity index (χ4v) is 3.53. The highest BCUT2D eigenvalue weighted by atomic mass is 16.5. The van der Waals surface area contributed by atoms with Crippen molar-refractivity contribution in [2.24, 2.45) is 5.92 Å². The van der Waals surface area contributed by atoms with Gasteiger partial charge in [-0.25, -0.2) is 0 Å². The number of nitrogens with one attached hydrogen (secondary N) is 1. The number of nitrogens with zero attached hydrogens (tertiary/aromatic N) is 1. The summed E-state index contributed by atoms with van der Waals surface area (Å²) < 4.78 is 5.17. The molecule has 0 saturated carbocycles. The molecule has 28 heavy (non-hydrogen) atoms. The number of amides is 2. The smallest absolute Gasteiger partial charge is 0.229 e. The van der Waals surface area contributed by atoms with E-state index < -0.39 is 0 Å². The van der Waals surface area contributed by atoms with Crippen molar-refractivity contribution in [3.8, 4) is 5.75 Å². The molecule has 1 fully saturated rings. The highest BCUT2D eigenvalue weighted by molar-refractivity contribution is 5.97. The maximum atomic E-state index is 12.8. The number of para-hydroxylation sites is 1. The Morgan fingerprint density at radius 3 is 2.46 bits per heavy atom. The van der Waals surface area contributed by atoms with Crippen LogP contribution in [0.15, 0.2) is 48.5 Å². The van der Waals surface area contributed by atoms with E-state index in [9.17, 15) is 9.59 Å². The molecule has 0 bridgehead atoms. The zero-order valence-corrected chi connectivity index (χ0v) is 17.0. The standard InChI is InChI=1S/C23H28N2O3/c1-23(2,3)19-7-5-6-8-20(19)24-22(27)17-13-21(26)25(15-17)14-16-9-11-18(28-4)12-10-16/h5-12,17H,13-15H2,1-4H3,(H,24,27). The lowest BCUT2D eigenvalue weighted by Crippen LogP contribution is -2.28. The Morgan fingerprint density at radius 2 is 1.82 bits per heavy atom. The summed E-state index contributed by atoms with van der Waals surface area (Å²) in [4.78, 5) is 27.0. The number of hydrogen-bond acceptors (Lipinski definition) is 3. The van der Waals surface area contributed by atoms with Crippen LogP contribution in [-0.4, -0.2) is 30.4 Å². The van der Waals surface area contributed by atoms with Crippen LogP contribution in [0.2, 0.25) is 0 Å². The van der Waals surface area contributed by atoms with Crippen molar-refractivity contribution in [2.45, 2.75) is 39.2 Å². The lowest BCUT2D eigenvalue weighted by atomic mass is 9.85. The van der Waals surface area contributed by atoms with Gasteiger partial charge < -0.3 is 15.0 Å². The van der Waals surface area contributed by atoms with Crippen molar-refractivity contribution in [1.29, 1.82) is 0 Å². The normalized spacial score (nSPS) is 16.9. The molecule has 1 heterocycles. The van der Waals surface area contributed by atoms with Crippen LogP contribution in [0.1, 0.15) is 38.3 Å². The fourth-order valence-electron chi connectivity index (χ4n) is 3.53. The third-order valence-electron chi connectivity index (χ3n) is 5.11. The number of anilines is 1. The molecule has 1 saturated heterocycles. The number of hydrogen-bond donors (Lipinski definition) is 1. The Bertz CT molecular complexity index is 853. The van der Waals surface area contributed by atoms with E-state index in [0.29, 0.717) is 13.1 Å². The summed E-state index contributed by atoms with van der Waals surface area (Å²) in [5.41, 5.74) is 2.85. The second kappa shape index (κ2) is 8.05. The first-order valence-electron chi connectivity index (χ1n) is 9.59. The van der Waals surface area contributed by atoms with Crippen molar-refractivity contribution in [2.75, 3.05) is 19.0 Å². The Labute approximate surface area is 166 Å². The second-order valence-electron chi connectivity index (χ2n) is 8.31. The first-order valence-corrected chi connectivity index (χ1v) is 9.59. The van der Waals surface area contributed by atoms with Crippen LogP contribution in [-0.2, 0) is 21.5 Å². The summed E-state index contributed by atoms with van der Waals surface area (Å²) in [5, 5.41) is 3.04. The van der Waals surface area contributed by atoms with Crippen molar-refractivity contribution >= 4 is 17.5 Å². The van der Waals surface area contributed by atoms with E-state index in [2.05, 4.69) is 26.1 Å². The van der Waals surface area contributed by atoms with Crippen LogP contribution in [0.25, 0.3) is 0 Å². The van der Waals surface area contributed by atoms with E-state index >= 15 is 0 Å². The van der Waals surface area contributed by atoms with E-state index in [-0.39, 0.29) is 29.6 Å². The summed E-state index contributed by atoms with van der Waals surface area (Å²) in [6.45, 7) is 7.30. The van der Waals surface area contributed by atoms with Crippen LogP contribution in [0.4, 0.5) is 5.69 Å². The highest BCUT2D eigenvalue weighted by Crippen LogP contribution is 2.30. The number of methoxy groups -OCH3 is 1. The van der Waals surface area contributed by atoms with E-state index in [1.54, 1.807) is 12.0 Å². The molecule has 0 aliphatic carbocycles. The van der Waals surface area contributed by atoms with Gasteiger partial charge in [0.2, 0.25) is 11.8 Å². The first kappa shape index (κ1) is 19.9. The Kier molecular flexibility index (Phi) is 5.73. The minimum Gasteiger partial charge on any atom is -0.497 e. The molecular weight excluding hydrogens is 352 g/mol. The molecule has 5 nitrogen and oxygen atoms in total. The Morgan fingerprint density at radius 1 is 1.14 bits per heavy atom. The zero-order chi connectivity index (χ0) is 20.3. The molecule has 3 rings (SSSR count). The minimum atomic E-state index is -0.334. The summed E-state index contributed by atoms with van der Waals surface area (Å²) in [6, 6.07) is 15.5. The van der Waals surface area contributed by atoms with Gasteiger partial charge in [0.05, 0.1) is 13.0 Å². The maximum Gasteiger partial charge on any atom is 0.229 e. The second-order valence-corrected chi connectivity index (χ2v) is 8.31. The molecular formula is C23H28N2O3. The van der Waals surface area contributed by atoms with Crippen molar-refractivity contribution < 1.29 is 14.3 Å². The lowest BCUT2D eigenvalue weighted by Gasteiger charge is -2.23. The quantitative estimate of drug-likeness (QED) is 0.854. The van der Waals surface area contributed by atoms with Gasteiger partial charge in [-0.1, -0.05) is 51.1 Å². The van der Waals surface area contributed by atoms with Crippen LogP contribution < -0.4 is 10.1 Å². The van der Waals surface area contributed by atoms with Gasteiger partial charge in [0.1, 0.15) is 5.75 Å². The van der Waals surface area contributed by atoms with Gasteiger partial charge in [0, 0.05) is 25.2 Å². The summed E-state index contributed by atoms with van der Waals surface area (Å²) >= 11 is 0. The SMILES string of the molecule is COc1ccc(CN2CC(C(=O)Nc3ccccc3C(C)(C)C)CC2=O)cc1. The number of rotatable bonds is 5. The molecule has 2 amide bonds. The predicted molar refractivity (Wildman–Crippen MR) is 110 cm³/mol. The number of benzene rings is 2. The Balaban J connectivity index is 1.65. The molecule has 1 unspecified atom stereocenters. The molecule has 5 heteroatoms. The average molecular weight is 380 g/mol.